The van der Waals surface area contributed by atoms with Crippen LogP contribution in [0, 0.1) is 11.6 Å². The lowest BCUT2D eigenvalue weighted by atomic mass is 9.97. The molecule has 2 fully saturated rings. The van der Waals surface area contributed by atoms with Gasteiger partial charge in [-0.15, -0.1) is 0 Å². The summed E-state index contributed by atoms with van der Waals surface area (Å²) in [6, 6.07) is 9.22. The Labute approximate surface area is 270 Å². The van der Waals surface area contributed by atoms with Gasteiger partial charge in [-0.05, 0) is 35.4 Å². The number of benzene rings is 2. The summed E-state index contributed by atoms with van der Waals surface area (Å²) in [5, 5.41) is 68.3. The Bertz CT molecular complexity index is 1530. The molecule has 0 aliphatic carbocycles. The third-order valence-corrected chi connectivity index (χ3v) is 10.5. The molecule has 248 valence electrons. The third-order valence-electron chi connectivity index (χ3n) is 7.73. The van der Waals surface area contributed by atoms with Crippen LogP contribution in [-0.4, -0.2) is 113 Å². The van der Waals surface area contributed by atoms with Crippen molar-refractivity contribution in [3.63, 3.8) is 0 Å². The highest BCUT2D eigenvalue weighted by Gasteiger charge is 2.49. The molecule has 3 heterocycles. The molecule has 0 amide bonds. The summed E-state index contributed by atoms with van der Waals surface area (Å²) in [6.45, 7) is -1.17. The molecule has 10 atom stereocenters. The number of hydrogen-bond donors (Lipinski definition) is 7. The van der Waals surface area contributed by atoms with E-state index in [-0.39, 0.29) is 0 Å². The van der Waals surface area contributed by atoms with Gasteiger partial charge in [0.1, 0.15) is 71.2 Å². The number of aliphatic imine (C=N–C) groups is 1. The summed E-state index contributed by atoms with van der Waals surface area (Å²) in [4.78, 5) is 4.31. The maximum absolute atomic E-state index is 13.8. The topological polar surface area (TPSA) is 196 Å². The molecule has 16 heteroatoms. The van der Waals surface area contributed by atoms with E-state index in [0.29, 0.717) is 22.3 Å². The van der Waals surface area contributed by atoms with Crippen molar-refractivity contribution < 1.29 is 48.9 Å². The average Bonchev–Trinajstić information content (AvgIpc) is 3.53. The number of aromatic nitrogens is 2. The normalized spacial score (nSPS) is 32.2. The molecule has 2 saturated heterocycles. The van der Waals surface area contributed by atoms with Crippen LogP contribution in [-0.2, 0) is 9.47 Å². The van der Waals surface area contributed by atoms with Gasteiger partial charge in [0.25, 0.3) is 0 Å². The number of nitrogens with two attached hydrogens (primary N) is 1. The molecule has 10 unspecified atom stereocenters. The summed E-state index contributed by atoms with van der Waals surface area (Å²) in [6.07, 6.45) is -2.34. The Kier molecular flexibility index (Phi) is 11.5. The van der Waals surface area contributed by atoms with Gasteiger partial charge < -0.3 is 45.8 Å². The molecule has 0 saturated carbocycles. The van der Waals surface area contributed by atoms with E-state index >= 15 is 0 Å². The van der Waals surface area contributed by atoms with Crippen LogP contribution in [0.2, 0.25) is 0 Å². The Balaban J connectivity index is 1.31. The number of rotatable bonds is 10. The van der Waals surface area contributed by atoms with Crippen LogP contribution < -0.4 is 5.73 Å². The zero-order valence-electron chi connectivity index (χ0n) is 24.1. The zero-order chi connectivity index (χ0) is 33.0. The van der Waals surface area contributed by atoms with E-state index in [2.05, 4.69) is 10.1 Å². The van der Waals surface area contributed by atoms with Crippen molar-refractivity contribution in [2.24, 2.45) is 10.7 Å². The van der Waals surface area contributed by atoms with Crippen molar-refractivity contribution in [3.8, 4) is 11.1 Å². The first-order valence-electron chi connectivity index (χ1n) is 14.2. The van der Waals surface area contributed by atoms with E-state index in [1.54, 1.807) is 18.2 Å². The molecule has 2 aliphatic heterocycles. The van der Waals surface area contributed by atoms with Gasteiger partial charge >= 0.3 is 0 Å². The summed E-state index contributed by atoms with van der Waals surface area (Å²) in [7, 11) is 1.88. The second-order valence-corrected chi connectivity index (χ2v) is 13.2. The lowest BCUT2D eigenvalue weighted by Crippen LogP contribution is -2.57. The number of aliphatic hydroxyl groups is 6. The number of allylic oxidation sites excluding steroid dienone is 1. The highest BCUT2D eigenvalue weighted by molar-refractivity contribution is 8.77. The van der Waals surface area contributed by atoms with Gasteiger partial charge in [0.15, 0.2) is 0 Å². The van der Waals surface area contributed by atoms with Gasteiger partial charge in [-0.25, -0.2) is 8.78 Å². The van der Waals surface area contributed by atoms with Crippen LogP contribution in [0.25, 0.3) is 16.7 Å². The highest BCUT2D eigenvalue weighted by Crippen LogP contribution is 2.44. The minimum atomic E-state index is -1.42. The molecule has 0 spiro atoms. The largest absolute Gasteiger partial charge is 0.404 e. The van der Waals surface area contributed by atoms with Crippen molar-refractivity contribution in [2.45, 2.75) is 59.6 Å². The van der Waals surface area contributed by atoms with Gasteiger partial charge in [-0.3, -0.25) is 9.67 Å². The maximum Gasteiger partial charge on any atom is 0.141 e. The van der Waals surface area contributed by atoms with Gasteiger partial charge in [0.05, 0.1) is 19.4 Å². The van der Waals surface area contributed by atoms with Crippen molar-refractivity contribution >= 4 is 33.4 Å². The monoisotopic (exact) mass is 680 g/mol. The van der Waals surface area contributed by atoms with Crippen molar-refractivity contribution in [1.29, 1.82) is 0 Å². The Morgan fingerprint density at radius 3 is 2.13 bits per heavy atom. The molecule has 12 nitrogen and oxygen atoms in total. The molecule has 46 heavy (non-hydrogen) atoms. The van der Waals surface area contributed by atoms with Crippen LogP contribution in [0.1, 0.15) is 11.6 Å². The van der Waals surface area contributed by atoms with E-state index in [0.717, 1.165) is 21.6 Å². The van der Waals surface area contributed by atoms with Crippen LogP contribution in [0.5, 0.6) is 0 Å². The number of aliphatic hydroxyl groups excluding tert-OH is 6. The maximum atomic E-state index is 13.8. The predicted octanol–water partition coefficient (Wildman–Crippen LogP) is 1.07. The fourth-order valence-corrected chi connectivity index (χ4v) is 8.02. The van der Waals surface area contributed by atoms with Crippen molar-refractivity contribution in [3.05, 3.63) is 84.3 Å². The fraction of sp³-hybridized carbons (Fsp3) is 0.400. The average molecular weight is 681 g/mol. The molecular weight excluding hydrogens is 646 g/mol. The Hall–Kier alpha value is -2.90. The number of hydrogen-bond acceptors (Lipinski definition) is 13. The zero-order valence-corrected chi connectivity index (χ0v) is 25.7. The summed E-state index contributed by atoms with van der Waals surface area (Å²) in [5.74, 6) is -0.931. The molecule has 3 aromatic rings. The molecule has 5 rings (SSSR count). The third kappa shape index (κ3) is 7.46. The van der Waals surface area contributed by atoms with E-state index in [9.17, 15) is 39.4 Å². The molecular formula is C30H34F2N4O8S2. The lowest BCUT2D eigenvalue weighted by molar-refractivity contribution is -0.178. The van der Waals surface area contributed by atoms with E-state index < -0.39 is 84.4 Å². The van der Waals surface area contributed by atoms with Crippen LogP contribution in [0.3, 0.4) is 0 Å². The Morgan fingerprint density at radius 1 is 0.870 bits per heavy atom. The van der Waals surface area contributed by atoms with Gasteiger partial charge in [0.2, 0.25) is 0 Å². The van der Waals surface area contributed by atoms with Crippen LogP contribution >= 0.6 is 21.6 Å². The van der Waals surface area contributed by atoms with E-state index in [4.69, 9.17) is 15.2 Å². The Morgan fingerprint density at radius 2 is 1.50 bits per heavy atom. The van der Waals surface area contributed by atoms with Gasteiger partial charge in [-0.2, -0.15) is 5.10 Å². The summed E-state index contributed by atoms with van der Waals surface area (Å²) < 4.78 is 40.4. The minimum Gasteiger partial charge on any atom is -0.404 e. The molecule has 0 radical (unpaired) electrons. The van der Waals surface area contributed by atoms with Gasteiger partial charge in [-0.1, -0.05) is 45.9 Å². The second kappa shape index (κ2) is 15.3. The molecule has 2 aromatic carbocycles. The van der Waals surface area contributed by atoms with E-state index in [1.807, 2.05) is 0 Å². The van der Waals surface area contributed by atoms with Gasteiger partial charge in [0, 0.05) is 29.7 Å². The molecule has 0 bridgehead atoms. The number of nitrogens with zero attached hydrogens (tertiary/aromatic N) is 3. The molecule has 1 aromatic heterocycles. The quantitative estimate of drug-likeness (QED) is 0.119. The van der Waals surface area contributed by atoms with E-state index in [1.165, 1.54) is 59.8 Å². The minimum absolute atomic E-state index is 0.321. The SMILES string of the molecule is N/C=C(\C=NC1C(O)C(CO)OC(SSC2OC(CO)C(O)C(n3cc(-c4cccc(F)c4)cn3)C2O)C1O)c1cccc(F)c1. The second-order valence-electron chi connectivity index (χ2n) is 10.7. The lowest BCUT2D eigenvalue weighted by Gasteiger charge is -2.43. The molecule has 2 aliphatic rings. The smallest absolute Gasteiger partial charge is 0.141 e. The highest BCUT2D eigenvalue weighted by atomic mass is 33.1. The predicted molar refractivity (Wildman–Crippen MR) is 168 cm³/mol. The van der Waals surface area contributed by atoms with Crippen LogP contribution in [0.4, 0.5) is 8.78 Å². The summed E-state index contributed by atoms with van der Waals surface area (Å²) >= 11 is 0. The first kappa shape index (κ1) is 34.4. The first-order chi connectivity index (χ1) is 22.1. The number of ether oxygens (including phenoxy) is 2. The van der Waals surface area contributed by atoms with Crippen molar-refractivity contribution in [2.75, 3.05) is 13.2 Å². The van der Waals surface area contributed by atoms with Crippen molar-refractivity contribution in [1.82, 2.24) is 9.78 Å². The number of halogens is 2. The summed E-state index contributed by atoms with van der Waals surface area (Å²) in [5.41, 5.74) is 5.36. The fourth-order valence-electron chi connectivity index (χ4n) is 5.26. The molecule has 8 N–H and O–H groups in total. The van der Waals surface area contributed by atoms with Crippen LogP contribution in [0.15, 0.2) is 72.1 Å². The standard InChI is InChI=1S/C30H34F2N4O8S2/c31-19-5-1-3-15(7-19)17(9-33)10-34-23-25(39)21(13-37)43-29(27(23)41)45-46-30-28(42)24(26(40)22(14-38)44-30)36-12-18(11-35-36)16-4-2-6-20(32)8-16/h1-12,21-30,37-42H,13-14,33H2/b17-9+,34-10?. The first-order valence-corrected chi connectivity index (χ1v) is 16.5.